The van der Waals surface area contributed by atoms with Gasteiger partial charge < -0.3 is 5.73 Å². The van der Waals surface area contributed by atoms with Gasteiger partial charge in [-0.1, -0.05) is 6.42 Å². The van der Waals surface area contributed by atoms with Crippen molar-refractivity contribution in [2.75, 3.05) is 6.54 Å². The Morgan fingerprint density at radius 2 is 2.40 bits per heavy atom. The highest BCUT2D eigenvalue weighted by Crippen LogP contribution is 2.32. The molecule has 0 spiro atoms. The summed E-state index contributed by atoms with van der Waals surface area (Å²) in [6, 6.07) is 0. The van der Waals surface area contributed by atoms with E-state index in [0.29, 0.717) is 12.5 Å². The van der Waals surface area contributed by atoms with Crippen molar-refractivity contribution < 1.29 is 4.79 Å². The van der Waals surface area contributed by atoms with Gasteiger partial charge in [0.15, 0.2) is 0 Å². The van der Waals surface area contributed by atoms with Crippen LogP contribution in [0.2, 0.25) is 0 Å². The fraction of sp³-hybridized carbons (Fsp3) is 0.778. The summed E-state index contributed by atoms with van der Waals surface area (Å²) in [5.41, 5.74) is 5.63. The molecule has 0 radical (unpaired) electrons. The van der Waals surface area contributed by atoms with E-state index < -0.39 is 0 Å². The van der Waals surface area contributed by atoms with Crippen LogP contribution in [0.25, 0.3) is 0 Å². The van der Waals surface area contributed by atoms with E-state index in [9.17, 15) is 4.79 Å². The Kier molecular flexibility index (Phi) is 2.77. The van der Waals surface area contributed by atoms with Gasteiger partial charge in [-0.3, -0.25) is 4.79 Å². The van der Waals surface area contributed by atoms with E-state index in [0.717, 1.165) is 19.3 Å². The topological polar surface area (TPSA) is 86.7 Å². The lowest BCUT2D eigenvalue weighted by Crippen LogP contribution is -2.26. The largest absolute Gasteiger partial charge is 0.330 e. The molecule has 2 rings (SSSR count). The molecule has 0 amide bonds. The fourth-order valence-electron chi connectivity index (χ4n) is 2.21. The van der Waals surface area contributed by atoms with Gasteiger partial charge in [0.1, 0.15) is 0 Å². The van der Waals surface area contributed by atoms with Gasteiger partial charge >= 0.3 is 0 Å². The highest BCUT2D eigenvalue weighted by Gasteiger charge is 2.34. The van der Waals surface area contributed by atoms with Crippen LogP contribution in [0.1, 0.15) is 29.9 Å². The first-order valence-electron chi connectivity index (χ1n) is 5.20. The van der Waals surface area contributed by atoms with Crippen molar-refractivity contribution >= 4 is 5.78 Å². The Labute approximate surface area is 87.8 Å². The van der Waals surface area contributed by atoms with Gasteiger partial charge in [0.2, 0.25) is 11.6 Å². The van der Waals surface area contributed by atoms with E-state index >= 15 is 0 Å². The molecule has 1 heterocycles. The van der Waals surface area contributed by atoms with Gasteiger partial charge in [0.05, 0.1) is 7.05 Å². The molecule has 1 aromatic rings. The van der Waals surface area contributed by atoms with Crippen molar-refractivity contribution in [1.82, 2.24) is 20.2 Å². The standard InChI is InChI=1S/C9H15N5O/c1-14-12-9(11-13-14)8(15)7-4-2-3-6(7)5-10/h6-7H,2-5,10H2,1H3/t6-,7-/m1/s1. The monoisotopic (exact) mass is 209 g/mol. The van der Waals surface area contributed by atoms with Crippen LogP contribution in [0, 0.1) is 11.8 Å². The van der Waals surface area contributed by atoms with Crippen LogP contribution in [0.5, 0.6) is 0 Å². The molecule has 82 valence electrons. The molecule has 1 aromatic heterocycles. The van der Waals surface area contributed by atoms with E-state index in [1.165, 1.54) is 4.80 Å². The summed E-state index contributed by atoms with van der Waals surface area (Å²) in [4.78, 5) is 13.3. The predicted octanol–water partition coefficient (Wildman–Crippen LogP) is -0.232. The Bertz CT molecular complexity index is 361. The van der Waals surface area contributed by atoms with E-state index in [1.54, 1.807) is 7.05 Å². The molecule has 0 unspecified atom stereocenters. The number of nitrogens with two attached hydrogens (primary N) is 1. The molecule has 1 saturated carbocycles. The molecule has 6 nitrogen and oxygen atoms in total. The van der Waals surface area contributed by atoms with Gasteiger partial charge in [-0.2, -0.15) is 4.80 Å². The number of hydrogen-bond acceptors (Lipinski definition) is 5. The van der Waals surface area contributed by atoms with Crippen LogP contribution in [-0.4, -0.2) is 32.5 Å². The van der Waals surface area contributed by atoms with Crippen LogP contribution in [0.15, 0.2) is 0 Å². The molecule has 1 aliphatic carbocycles. The zero-order valence-electron chi connectivity index (χ0n) is 8.76. The second-order valence-corrected chi connectivity index (χ2v) is 4.00. The minimum atomic E-state index is -0.00366. The number of hydrogen-bond donors (Lipinski definition) is 1. The van der Waals surface area contributed by atoms with Crippen molar-refractivity contribution in [2.24, 2.45) is 24.6 Å². The third-order valence-corrected chi connectivity index (χ3v) is 3.03. The number of Topliss-reactive ketones (excluding diaryl/α,β-unsaturated/α-hetero) is 1. The average molecular weight is 209 g/mol. The molecule has 2 N–H and O–H groups in total. The van der Waals surface area contributed by atoms with Gasteiger partial charge in [-0.05, 0) is 30.5 Å². The molecule has 1 fully saturated rings. The zero-order chi connectivity index (χ0) is 10.8. The summed E-state index contributed by atoms with van der Waals surface area (Å²) in [7, 11) is 1.65. The predicted molar refractivity (Wildman–Crippen MR) is 53.0 cm³/mol. The van der Waals surface area contributed by atoms with Crippen molar-refractivity contribution in [3.63, 3.8) is 0 Å². The molecule has 1 aliphatic rings. The van der Waals surface area contributed by atoms with Crippen LogP contribution in [-0.2, 0) is 7.05 Å². The zero-order valence-corrected chi connectivity index (χ0v) is 8.76. The molecule has 0 aliphatic heterocycles. The van der Waals surface area contributed by atoms with Gasteiger partial charge in [0, 0.05) is 5.92 Å². The van der Waals surface area contributed by atoms with Crippen molar-refractivity contribution in [3.8, 4) is 0 Å². The molecule has 6 heteroatoms. The van der Waals surface area contributed by atoms with Crippen molar-refractivity contribution in [2.45, 2.75) is 19.3 Å². The molecule has 0 saturated heterocycles. The van der Waals surface area contributed by atoms with Gasteiger partial charge in [-0.15, -0.1) is 10.2 Å². The Morgan fingerprint density at radius 3 is 3.00 bits per heavy atom. The second kappa shape index (κ2) is 4.06. The maximum Gasteiger partial charge on any atom is 0.240 e. The molecule has 15 heavy (non-hydrogen) atoms. The fourth-order valence-corrected chi connectivity index (χ4v) is 2.21. The number of carbonyl (C=O) groups is 1. The summed E-state index contributed by atoms with van der Waals surface area (Å²) in [5, 5.41) is 11.3. The number of rotatable bonds is 3. The summed E-state index contributed by atoms with van der Waals surface area (Å²) >= 11 is 0. The first-order chi connectivity index (χ1) is 7.22. The van der Waals surface area contributed by atoms with E-state index in [1.807, 2.05) is 0 Å². The van der Waals surface area contributed by atoms with Crippen molar-refractivity contribution in [3.05, 3.63) is 5.82 Å². The summed E-state index contributed by atoms with van der Waals surface area (Å²) in [6.45, 7) is 0.566. The Balaban J connectivity index is 2.13. The minimum Gasteiger partial charge on any atom is -0.330 e. The maximum absolute atomic E-state index is 12.0. The van der Waals surface area contributed by atoms with Crippen LogP contribution in [0.3, 0.4) is 0 Å². The highest BCUT2D eigenvalue weighted by atomic mass is 16.1. The number of ketones is 1. The molecule has 0 aromatic carbocycles. The van der Waals surface area contributed by atoms with Crippen LogP contribution in [0.4, 0.5) is 0 Å². The maximum atomic E-state index is 12.0. The second-order valence-electron chi connectivity index (χ2n) is 4.00. The molecular formula is C9H15N5O. The third-order valence-electron chi connectivity index (χ3n) is 3.03. The van der Waals surface area contributed by atoms with Crippen molar-refractivity contribution in [1.29, 1.82) is 0 Å². The van der Waals surface area contributed by atoms with Gasteiger partial charge in [-0.25, -0.2) is 0 Å². The average Bonchev–Trinajstić information content (AvgIpc) is 2.84. The SMILES string of the molecule is Cn1nnc(C(=O)[C@@H]2CCC[C@@H]2CN)n1. The highest BCUT2D eigenvalue weighted by molar-refractivity contribution is 5.94. The first-order valence-corrected chi connectivity index (χ1v) is 5.20. The molecule has 0 bridgehead atoms. The first kappa shape index (κ1) is 10.2. The van der Waals surface area contributed by atoms with Gasteiger partial charge in [0.25, 0.3) is 0 Å². The summed E-state index contributed by atoms with van der Waals surface area (Å²) in [5.74, 6) is 0.513. The Morgan fingerprint density at radius 1 is 1.60 bits per heavy atom. The number of aryl methyl sites for hydroxylation is 1. The van der Waals surface area contributed by atoms with Crippen LogP contribution >= 0.6 is 0 Å². The van der Waals surface area contributed by atoms with E-state index in [-0.39, 0.29) is 17.5 Å². The normalized spacial score (nSPS) is 25.7. The lowest BCUT2D eigenvalue weighted by atomic mass is 9.92. The van der Waals surface area contributed by atoms with Crippen LogP contribution < -0.4 is 5.73 Å². The third kappa shape index (κ3) is 1.90. The lowest BCUT2D eigenvalue weighted by molar-refractivity contribution is 0.0882. The number of tetrazole rings is 1. The summed E-state index contributed by atoms with van der Waals surface area (Å²) < 4.78 is 0. The minimum absolute atomic E-state index is 0.000741. The van der Waals surface area contributed by atoms with E-state index in [2.05, 4.69) is 15.4 Å². The molecule has 2 atom stereocenters. The number of nitrogens with zero attached hydrogens (tertiary/aromatic N) is 4. The van der Waals surface area contributed by atoms with E-state index in [4.69, 9.17) is 5.73 Å². The quantitative estimate of drug-likeness (QED) is 0.695. The lowest BCUT2D eigenvalue weighted by Gasteiger charge is -2.13. The number of carbonyl (C=O) groups excluding carboxylic acids is 1. The Hall–Kier alpha value is -1.30. The smallest absolute Gasteiger partial charge is 0.240 e. The summed E-state index contributed by atoms with van der Waals surface area (Å²) in [6.07, 6.45) is 3.00. The molecular weight excluding hydrogens is 194 g/mol. The number of aromatic nitrogens is 4.